The highest BCUT2D eigenvalue weighted by Crippen LogP contribution is 2.31. The van der Waals surface area contributed by atoms with Gasteiger partial charge in [-0.25, -0.2) is 0 Å². The molecule has 0 saturated carbocycles. The van der Waals surface area contributed by atoms with Crippen molar-refractivity contribution in [2.24, 2.45) is 0 Å². The molecule has 128 valence electrons. The minimum Gasteiger partial charge on any atom is -0.368 e. The number of hydrogen-bond acceptors (Lipinski definition) is 3. The SMILES string of the molecule is COC1(C(=O)NCC2CCCc3ccccc32)CCNCC1.Cl. The van der Waals surface area contributed by atoms with Crippen LogP contribution in [0.5, 0.6) is 0 Å². The number of hydrogen-bond donors (Lipinski definition) is 2. The van der Waals surface area contributed by atoms with Gasteiger partial charge in [0.05, 0.1) is 0 Å². The second-order valence-corrected chi connectivity index (χ2v) is 6.45. The fourth-order valence-corrected chi connectivity index (χ4v) is 3.80. The van der Waals surface area contributed by atoms with Crippen molar-refractivity contribution in [2.45, 2.75) is 43.6 Å². The van der Waals surface area contributed by atoms with Crippen LogP contribution >= 0.6 is 12.4 Å². The lowest BCUT2D eigenvalue weighted by Crippen LogP contribution is -2.54. The maximum atomic E-state index is 12.6. The molecule has 1 aliphatic heterocycles. The number of rotatable bonds is 4. The molecule has 1 amide bonds. The molecule has 5 heteroatoms. The Morgan fingerprint density at radius 3 is 2.83 bits per heavy atom. The minimum absolute atomic E-state index is 0. The fourth-order valence-electron chi connectivity index (χ4n) is 3.80. The molecule has 1 saturated heterocycles. The van der Waals surface area contributed by atoms with Crippen LogP contribution in [0.1, 0.15) is 42.7 Å². The zero-order valence-electron chi connectivity index (χ0n) is 13.8. The Labute approximate surface area is 144 Å². The highest BCUT2D eigenvalue weighted by atomic mass is 35.5. The van der Waals surface area contributed by atoms with Gasteiger partial charge in [0.25, 0.3) is 5.91 Å². The van der Waals surface area contributed by atoms with E-state index in [0.717, 1.165) is 38.8 Å². The Morgan fingerprint density at radius 2 is 2.09 bits per heavy atom. The standard InChI is InChI=1S/C18H26N2O2.ClH/c1-22-18(9-11-19-12-10-18)17(21)20-13-15-7-4-6-14-5-2-3-8-16(14)15;/h2-3,5,8,15,19H,4,6-7,9-13H2,1H3,(H,20,21);1H. The van der Waals surface area contributed by atoms with Crippen LogP contribution in [0.3, 0.4) is 0 Å². The van der Waals surface area contributed by atoms with Crippen LogP contribution in [0.4, 0.5) is 0 Å². The smallest absolute Gasteiger partial charge is 0.252 e. The number of aryl methyl sites for hydroxylation is 1. The Bertz CT molecular complexity index is 530. The van der Waals surface area contributed by atoms with Gasteiger partial charge in [0.2, 0.25) is 0 Å². The molecule has 2 N–H and O–H groups in total. The minimum atomic E-state index is -0.639. The Morgan fingerprint density at radius 1 is 1.35 bits per heavy atom. The van der Waals surface area contributed by atoms with Gasteiger partial charge in [-0.3, -0.25) is 4.79 Å². The molecular formula is C18H27ClN2O2. The van der Waals surface area contributed by atoms with Crippen molar-refractivity contribution >= 4 is 18.3 Å². The lowest BCUT2D eigenvalue weighted by atomic mass is 9.82. The van der Waals surface area contributed by atoms with Crippen LogP contribution in [0, 0.1) is 0 Å². The Kier molecular flexibility index (Phi) is 6.45. The van der Waals surface area contributed by atoms with Crippen molar-refractivity contribution < 1.29 is 9.53 Å². The number of halogens is 1. The van der Waals surface area contributed by atoms with E-state index < -0.39 is 5.60 Å². The van der Waals surface area contributed by atoms with E-state index in [2.05, 4.69) is 34.9 Å². The summed E-state index contributed by atoms with van der Waals surface area (Å²) in [5.41, 5.74) is 2.21. The molecule has 2 aliphatic rings. The third kappa shape index (κ3) is 3.87. The van der Waals surface area contributed by atoms with Crippen molar-refractivity contribution in [3.63, 3.8) is 0 Å². The van der Waals surface area contributed by atoms with E-state index in [-0.39, 0.29) is 18.3 Å². The predicted octanol–water partition coefficient (Wildman–Crippen LogP) is 2.41. The van der Waals surface area contributed by atoms with Gasteiger partial charge in [-0.15, -0.1) is 12.4 Å². The molecule has 1 fully saturated rings. The average molecular weight is 339 g/mol. The largest absolute Gasteiger partial charge is 0.368 e. The number of amides is 1. The van der Waals surface area contributed by atoms with Gasteiger partial charge in [0, 0.05) is 19.6 Å². The maximum Gasteiger partial charge on any atom is 0.252 e. The molecule has 3 rings (SSSR count). The van der Waals surface area contributed by atoms with Gasteiger partial charge in [0.15, 0.2) is 0 Å². The van der Waals surface area contributed by atoms with Gasteiger partial charge in [-0.1, -0.05) is 24.3 Å². The van der Waals surface area contributed by atoms with Crippen LogP contribution in [0.25, 0.3) is 0 Å². The molecule has 1 heterocycles. The monoisotopic (exact) mass is 338 g/mol. The number of ether oxygens (including phenoxy) is 1. The van der Waals surface area contributed by atoms with Crippen molar-refractivity contribution in [1.82, 2.24) is 10.6 Å². The van der Waals surface area contributed by atoms with Crippen LogP contribution in [0.2, 0.25) is 0 Å². The van der Waals surface area contributed by atoms with Gasteiger partial charge in [-0.2, -0.15) is 0 Å². The van der Waals surface area contributed by atoms with Crippen LogP contribution in [-0.2, 0) is 16.0 Å². The van der Waals surface area contributed by atoms with E-state index in [1.165, 1.54) is 17.5 Å². The number of carbonyl (C=O) groups is 1. The number of nitrogens with one attached hydrogen (secondary N) is 2. The molecular weight excluding hydrogens is 312 g/mol. The van der Waals surface area contributed by atoms with Gasteiger partial charge >= 0.3 is 0 Å². The van der Waals surface area contributed by atoms with E-state index in [4.69, 9.17) is 4.74 Å². The molecule has 0 bridgehead atoms. The van der Waals surface area contributed by atoms with Gasteiger partial charge < -0.3 is 15.4 Å². The summed E-state index contributed by atoms with van der Waals surface area (Å²) in [6.45, 7) is 2.40. The Hall–Kier alpha value is -1.10. The fraction of sp³-hybridized carbons (Fsp3) is 0.611. The van der Waals surface area contributed by atoms with E-state index in [1.807, 2.05) is 0 Å². The Balaban J connectivity index is 0.00000192. The lowest BCUT2D eigenvalue weighted by molar-refractivity contribution is -0.146. The molecule has 0 radical (unpaired) electrons. The van der Waals surface area contributed by atoms with Crippen molar-refractivity contribution in [3.8, 4) is 0 Å². The van der Waals surface area contributed by atoms with E-state index >= 15 is 0 Å². The molecule has 23 heavy (non-hydrogen) atoms. The first-order chi connectivity index (χ1) is 10.7. The predicted molar refractivity (Wildman–Crippen MR) is 94.2 cm³/mol. The number of carbonyl (C=O) groups excluding carboxylic acids is 1. The number of fused-ring (bicyclic) bond motifs is 1. The molecule has 0 aromatic heterocycles. The summed E-state index contributed by atoms with van der Waals surface area (Å²) in [6, 6.07) is 8.63. The lowest BCUT2D eigenvalue weighted by Gasteiger charge is -2.35. The third-order valence-electron chi connectivity index (χ3n) is 5.22. The van der Waals surface area contributed by atoms with E-state index in [9.17, 15) is 4.79 Å². The summed E-state index contributed by atoms with van der Waals surface area (Å²) < 4.78 is 5.60. The number of benzene rings is 1. The summed E-state index contributed by atoms with van der Waals surface area (Å²) in [4.78, 5) is 12.6. The maximum absolute atomic E-state index is 12.6. The van der Waals surface area contributed by atoms with Gasteiger partial charge in [0.1, 0.15) is 5.60 Å². The summed E-state index contributed by atoms with van der Waals surface area (Å²) in [6.07, 6.45) is 5.01. The molecule has 1 aliphatic carbocycles. The topological polar surface area (TPSA) is 50.4 Å². The first-order valence-electron chi connectivity index (χ1n) is 8.37. The molecule has 4 nitrogen and oxygen atoms in total. The molecule has 1 atom stereocenters. The summed E-state index contributed by atoms with van der Waals surface area (Å²) >= 11 is 0. The number of methoxy groups -OCH3 is 1. The quantitative estimate of drug-likeness (QED) is 0.886. The highest BCUT2D eigenvalue weighted by Gasteiger charge is 2.39. The van der Waals surface area contributed by atoms with Crippen LogP contribution in [-0.4, -0.2) is 38.3 Å². The summed E-state index contributed by atoms with van der Waals surface area (Å²) in [5, 5.41) is 6.45. The first kappa shape index (κ1) is 18.2. The van der Waals surface area contributed by atoms with Crippen molar-refractivity contribution in [3.05, 3.63) is 35.4 Å². The average Bonchev–Trinajstić information content (AvgIpc) is 2.60. The molecule has 0 spiro atoms. The number of piperidine rings is 1. The zero-order chi connectivity index (χ0) is 15.4. The first-order valence-corrected chi connectivity index (χ1v) is 8.37. The summed E-state index contributed by atoms with van der Waals surface area (Å²) in [7, 11) is 1.65. The van der Waals surface area contributed by atoms with Crippen molar-refractivity contribution in [1.29, 1.82) is 0 Å². The third-order valence-corrected chi connectivity index (χ3v) is 5.22. The second-order valence-electron chi connectivity index (χ2n) is 6.45. The summed E-state index contributed by atoms with van der Waals surface area (Å²) in [5.74, 6) is 0.490. The highest BCUT2D eigenvalue weighted by molar-refractivity contribution is 5.85. The normalized spacial score (nSPS) is 22.6. The van der Waals surface area contributed by atoms with Crippen LogP contribution in [0.15, 0.2) is 24.3 Å². The van der Waals surface area contributed by atoms with E-state index in [0.29, 0.717) is 12.5 Å². The van der Waals surface area contributed by atoms with Gasteiger partial charge in [-0.05, 0) is 56.3 Å². The van der Waals surface area contributed by atoms with Crippen LogP contribution < -0.4 is 10.6 Å². The zero-order valence-corrected chi connectivity index (χ0v) is 14.6. The van der Waals surface area contributed by atoms with E-state index in [1.54, 1.807) is 7.11 Å². The molecule has 1 aromatic carbocycles. The molecule has 1 aromatic rings. The molecule has 1 unspecified atom stereocenters. The second kappa shape index (κ2) is 8.13. The van der Waals surface area contributed by atoms with Crippen molar-refractivity contribution in [2.75, 3.05) is 26.7 Å².